The van der Waals surface area contributed by atoms with E-state index in [0.717, 1.165) is 0 Å². The number of ether oxygens (including phenoxy) is 3. The van der Waals surface area contributed by atoms with Crippen LogP contribution in [0.5, 0.6) is 0 Å². The minimum absolute atomic E-state index is 0.426. The Hall–Kier alpha value is -1.62. The summed E-state index contributed by atoms with van der Waals surface area (Å²) in [6.45, 7) is -0.426. The Balaban J connectivity index is 2.53. The SMILES string of the molecule is NN(C(=O)OC1COC(=O)O1)S(=O)(=O)F. The number of hydrogen-bond acceptors (Lipinski definition) is 8. The molecular formula is C4H5FN2O7S. The molecular weight excluding hydrogens is 239 g/mol. The monoisotopic (exact) mass is 244 g/mol. The molecule has 1 aliphatic rings. The van der Waals surface area contributed by atoms with Crippen molar-refractivity contribution >= 4 is 22.7 Å². The summed E-state index contributed by atoms with van der Waals surface area (Å²) in [4.78, 5) is 21.1. The Bertz CT molecular complexity index is 380. The van der Waals surface area contributed by atoms with Crippen molar-refractivity contribution in [2.75, 3.05) is 6.61 Å². The fourth-order valence-electron chi connectivity index (χ4n) is 0.623. The van der Waals surface area contributed by atoms with Gasteiger partial charge in [-0.3, -0.25) is 0 Å². The van der Waals surface area contributed by atoms with E-state index in [1.807, 2.05) is 0 Å². The van der Waals surface area contributed by atoms with Crippen molar-refractivity contribution in [1.29, 1.82) is 0 Å². The highest BCUT2D eigenvalue weighted by Gasteiger charge is 2.33. The van der Waals surface area contributed by atoms with Crippen molar-refractivity contribution in [2.24, 2.45) is 5.84 Å². The molecule has 0 aliphatic carbocycles. The number of carbonyl (C=O) groups excluding carboxylic acids is 2. The molecule has 1 saturated heterocycles. The van der Waals surface area contributed by atoms with Crippen molar-refractivity contribution in [3.63, 3.8) is 0 Å². The van der Waals surface area contributed by atoms with Gasteiger partial charge in [-0.1, -0.05) is 3.89 Å². The van der Waals surface area contributed by atoms with Crippen LogP contribution in [0.4, 0.5) is 13.5 Å². The molecule has 15 heavy (non-hydrogen) atoms. The van der Waals surface area contributed by atoms with E-state index < -0.39 is 40.0 Å². The maximum atomic E-state index is 12.1. The van der Waals surface area contributed by atoms with E-state index in [1.54, 1.807) is 0 Å². The third-order valence-corrected chi connectivity index (χ3v) is 1.83. The van der Waals surface area contributed by atoms with E-state index >= 15 is 0 Å². The highest BCUT2D eigenvalue weighted by molar-refractivity contribution is 7.84. The average molecular weight is 244 g/mol. The van der Waals surface area contributed by atoms with Gasteiger partial charge in [0.1, 0.15) is 0 Å². The van der Waals surface area contributed by atoms with Gasteiger partial charge in [0.05, 0.1) is 0 Å². The van der Waals surface area contributed by atoms with Gasteiger partial charge in [-0.15, -0.1) is 4.41 Å². The number of carbonyl (C=O) groups is 2. The lowest BCUT2D eigenvalue weighted by Gasteiger charge is -2.13. The summed E-state index contributed by atoms with van der Waals surface area (Å²) in [5.74, 6) is 4.52. The zero-order valence-electron chi connectivity index (χ0n) is 6.95. The zero-order valence-corrected chi connectivity index (χ0v) is 7.77. The first-order valence-electron chi connectivity index (χ1n) is 3.34. The van der Waals surface area contributed by atoms with Crippen molar-refractivity contribution < 1.29 is 36.1 Å². The Morgan fingerprint density at radius 1 is 1.67 bits per heavy atom. The van der Waals surface area contributed by atoms with Crippen molar-refractivity contribution in [3.05, 3.63) is 0 Å². The summed E-state index contributed by atoms with van der Waals surface area (Å²) in [7, 11) is -5.40. The van der Waals surface area contributed by atoms with Crippen LogP contribution in [0.15, 0.2) is 0 Å². The zero-order chi connectivity index (χ0) is 11.6. The molecule has 0 bridgehead atoms. The van der Waals surface area contributed by atoms with Crippen molar-refractivity contribution in [2.45, 2.75) is 6.29 Å². The molecule has 1 rings (SSSR count). The molecule has 11 heteroatoms. The van der Waals surface area contributed by atoms with Crippen LogP contribution in [0.3, 0.4) is 0 Å². The van der Waals surface area contributed by atoms with E-state index in [2.05, 4.69) is 20.1 Å². The average Bonchev–Trinajstić information content (AvgIpc) is 2.48. The number of hydrogen-bond donors (Lipinski definition) is 1. The molecule has 1 unspecified atom stereocenters. The number of nitrogens with zero attached hydrogens (tertiary/aromatic N) is 1. The number of cyclic esters (lactones) is 2. The predicted molar refractivity (Wildman–Crippen MR) is 38.8 cm³/mol. The molecule has 1 atom stereocenters. The van der Waals surface area contributed by atoms with Gasteiger partial charge in [0.2, 0.25) is 0 Å². The van der Waals surface area contributed by atoms with Crippen LogP contribution in [-0.4, -0.2) is 38.0 Å². The highest BCUT2D eigenvalue weighted by atomic mass is 32.3. The standard InChI is InChI=1S/C4H5FN2O7S/c5-15(10,11)7(6)3(8)13-2-1-12-4(9)14-2/h2H,1,6H2. The van der Waals surface area contributed by atoms with Crippen LogP contribution >= 0.6 is 0 Å². The molecule has 0 aromatic carbocycles. The lowest BCUT2D eigenvalue weighted by Crippen LogP contribution is -2.42. The minimum atomic E-state index is -5.40. The highest BCUT2D eigenvalue weighted by Crippen LogP contribution is 2.09. The molecule has 1 fully saturated rings. The second-order valence-electron chi connectivity index (χ2n) is 2.23. The van der Waals surface area contributed by atoms with Crippen LogP contribution in [-0.2, 0) is 24.6 Å². The van der Waals surface area contributed by atoms with Gasteiger partial charge < -0.3 is 14.2 Å². The molecule has 1 heterocycles. The summed E-state index contributed by atoms with van der Waals surface area (Å²) in [5, 5.41) is 0. The van der Waals surface area contributed by atoms with Crippen LogP contribution < -0.4 is 5.84 Å². The molecule has 0 spiro atoms. The fourth-order valence-corrected chi connectivity index (χ4v) is 0.844. The van der Waals surface area contributed by atoms with E-state index in [-0.39, 0.29) is 0 Å². The first-order valence-corrected chi connectivity index (χ1v) is 4.68. The first-order chi connectivity index (χ1) is 6.80. The summed E-state index contributed by atoms with van der Waals surface area (Å²) in [6, 6.07) is 0. The van der Waals surface area contributed by atoms with Gasteiger partial charge >= 0.3 is 22.7 Å². The molecule has 0 aromatic heterocycles. The number of halogens is 1. The van der Waals surface area contributed by atoms with Crippen LogP contribution in [0.25, 0.3) is 0 Å². The Labute approximate surface area is 82.8 Å². The summed E-state index contributed by atoms with van der Waals surface area (Å²) >= 11 is 0. The fraction of sp³-hybridized carbons (Fsp3) is 0.500. The summed E-state index contributed by atoms with van der Waals surface area (Å²) in [5.41, 5.74) is 0. The molecule has 1 amide bonds. The van der Waals surface area contributed by atoms with Gasteiger partial charge in [-0.05, 0) is 0 Å². The van der Waals surface area contributed by atoms with Crippen molar-refractivity contribution in [1.82, 2.24) is 4.41 Å². The molecule has 86 valence electrons. The van der Waals surface area contributed by atoms with Crippen molar-refractivity contribution in [3.8, 4) is 0 Å². The number of nitrogens with two attached hydrogens (primary N) is 1. The molecule has 0 saturated carbocycles. The van der Waals surface area contributed by atoms with Gasteiger partial charge in [-0.2, -0.15) is 8.42 Å². The number of hydrazine groups is 1. The lowest BCUT2D eigenvalue weighted by molar-refractivity contribution is -0.0377. The van der Waals surface area contributed by atoms with E-state index in [0.29, 0.717) is 0 Å². The maximum absolute atomic E-state index is 12.1. The molecule has 9 nitrogen and oxygen atoms in total. The molecule has 1 aliphatic heterocycles. The van der Waals surface area contributed by atoms with Gasteiger partial charge in [0.15, 0.2) is 6.61 Å². The Morgan fingerprint density at radius 2 is 2.27 bits per heavy atom. The predicted octanol–water partition coefficient (Wildman–Crippen LogP) is -0.994. The number of amides is 1. The Kier molecular flexibility index (Phi) is 2.95. The maximum Gasteiger partial charge on any atom is 0.511 e. The minimum Gasteiger partial charge on any atom is -0.426 e. The third-order valence-electron chi connectivity index (χ3n) is 1.21. The van der Waals surface area contributed by atoms with E-state index in [9.17, 15) is 21.9 Å². The quantitative estimate of drug-likeness (QED) is 0.215. The normalized spacial score (nSPS) is 20.4. The number of rotatable bonds is 2. The largest absolute Gasteiger partial charge is 0.511 e. The first kappa shape index (κ1) is 11.5. The summed E-state index contributed by atoms with van der Waals surface area (Å²) < 4.78 is 44.1. The van der Waals surface area contributed by atoms with Gasteiger partial charge in [0.25, 0.3) is 6.29 Å². The van der Waals surface area contributed by atoms with Crippen LogP contribution in [0, 0.1) is 0 Å². The third kappa shape index (κ3) is 2.92. The topological polar surface area (TPSA) is 125 Å². The Morgan fingerprint density at radius 3 is 2.67 bits per heavy atom. The molecule has 0 radical (unpaired) electrons. The molecule has 2 N–H and O–H groups in total. The van der Waals surface area contributed by atoms with Gasteiger partial charge in [0, 0.05) is 0 Å². The smallest absolute Gasteiger partial charge is 0.426 e. The van der Waals surface area contributed by atoms with Crippen LogP contribution in [0.1, 0.15) is 0 Å². The summed E-state index contributed by atoms with van der Waals surface area (Å²) in [6.07, 6.45) is -4.28. The second kappa shape index (κ2) is 3.86. The molecule has 0 aromatic rings. The van der Waals surface area contributed by atoms with Gasteiger partial charge in [-0.25, -0.2) is 15.4 Å². The second-order valence-corrected chi connectivity index (χ2v) is 3.45. The van der Waals surface area contributed by atoms with Crippen LogP contribution in [0.2, 0.25) is 0 Å². The lowest BCUT2D eigenvalue weighted by atomic mass is 10.7. The van der Waals surface area contributed by atoms with E-state index in [4.69, 9.17) is 0 Å². The van der Waals surface area contributed by atoms with E-state index in [1.165, 1.54) is 0 Å².